The van der Waals surface area contributed by atoms with Crippen LogP contribution >= 0.6 is 12.2 Å². The van der Waals surface area contributed by atoms with Gasteiger partial charge >= 0.3 is 0 Å². The Kier molecular flexibility index (Phi) is 4.77. The highest BCUT2D eigenvalue weighted by Crippen LogP contribution is 2.28. The van der Waals surface area contributed by atoms with Crippen LogP contribution in [0.1, 0.15) is 19.8 Å². The van der Waals surface area contributed by atoms with Crippen molar-refractivity contribution < 1.29 is 4.74 Å². The van der Waals surface area contributed by atoms with Gasteiger partial charge < -0.3 is 19.6 Å². The van der Waals surface area contributed by atoms with Gasteiger partial charge in [-0.05, 0) is 55.0 Å². The van der Waals surface area contributed by atoms with E-state index in [2.05, 4.69) is 43.9 Å². The van der Waals surface area contributed by atoms with Crippen molar-refractivity contribution >= 4 is 45.7 Å². The number of rotatable bonds is 6. The van der Waals surface area contributed by atoms with E-state index < -0.39 is 0 Å². The minimum Gasteiger partial charge on any atom is -0.497 e. The van der Waals surface area contributed by atoms with Crippen LogP contribution in [0.25, 0.3) is 21.9 Å². The van der Waals surface area contributed by atoms with Gasteiger partial charge in [0.1, 0.15) is 17.9 Å². The Bertz CT molecular complexity index is 1150. The highest BCUT2D eigenvalue weighted by atomic mass is 32.1. The summed E-state index contributed by atoms with van der Waals surface area (Å²) < 4.78 is 8.10. The first kappa shape index (κ1) is 17.5. The zero-order valence-corrected chi connectivity index (χ0v) is 16.1. The van der Waals surface area contributed by atoms with Gasteiger partial charge in [-0.15, -0.1) is 0 Å². The molecular formula is C20H21N5OS. The lowest BCUT2D eigenvalue weighted by molar-refractivity contribution is 0.415. The largest absolute Gasteiger partial charge is 0.497 e. The second-order valence-electron chi connectivity index (χ2n) is 6.40. The third-order valence-corrected chi connectivity index (χ3v) is 4.94. The van der Waals surface area contributed by atoms with E-state index in [1.54, 1.807) is 13.4 Å². The molecular weight excluding hydrogens is 358 g/mol. The average Bonchev–Trinajstić information content (AvgIpc) is 2.99. The van der Waals surface area contributed by atoms with E-state index in [9.17, 15) is 0 Å². The van der Waals surface area contributed by atoms with E-state index in [0.29, 0.717) is 0 Å². The number of aromatic amines is 1. The molecule has 27 heavy (non-hydrogen) atoms. The minimum atomic E-state index is 0.742. The lowest BCUT2D eigenvalue weighted by atomic mass is 10.2. The molecule has 0 fully saturated rings. The van der Waals surface area contributed by atoms with Gasteiger partial charge in [0, 0.05) is 17.6 Å². The Labute approximate surface area is 162 Å². The molecule has 2 heterocycles. The van der Waals surface area contributed by atoms with Crippen molar-refractivity contribution in [1.29, 1.82) is 0 Å². The number of aromatic nitrogens is 4. The molecule has 0 amide bonds. The number of nitrogens with one attached hydrogen (secondary N) is 2. The van der Waals surface area contributed by atoms with Gasteiger partial charge in [-0.1, -0.05) is 13.3 Å². The molecule has 0 aliphatic heterocycles. The van der Waals surface area contributed by atoms with Crippen molar-refractivity contribution in [1.82, 2.24) is 19.5 Å². The van der Waals surface area contributed by atoms with E-state index in [-0.39, 0.29) is 0 Å². The van der Waals surface area contributed by atoms with E-state index in [4.69, 9.17) is 17.0 Å². The number of fused-ring (bicyclic) bond motifs is 2. The van der Waals surface area contributed by atoms with Gasteiger partial charge in [0.25, 0.3) is 0 Å². The molecule has 0 radical (unpaired) electrons. The maximum Gasteiger partial charge on any atom is 0.178 e. The molecule has 138 valence electrons. The smallest absolute Gasteiger partial charge is 0.178 e. The molecule has 2 aromatic heterocycles. The average molecular weight is 379 g/mol. The van der Waals surface area contributed by atoms with Gasteiger partial charge in [-0.2, -0.15) is 0 Å². The number of hydrogen-bond acceptors (Lipinski definition) is 5. The number of anilines is 2. The number of benzene rings is 2. The zero-order chi connectivity index (χ0) is 18.8. The Morgan fingerprint density at radius 2 is 2.00 bits per heavy atom. The first-order valence-corrected chi connectivity index (χ1v) is 9.38. The van der Waals surface area contributed by atoms with E-state index in [1.807, 2.05) is 24.3 Å². The predicted octanol–water partition coefficient (Wildman–Crippen LogP) is 5.19. The SMILES string of the molecule is CCCCn1c(=S)[nH]c2cc3c(Nc4ccc(OC)cc4)ncnc3cc21. The molecule has 6 nitrogen and oxygen atoms in total. The normalized spacial score (nSPS) is 11.2. The van der Waals surface area contributed by atoms with Gasteiger partial charge in [-0.25, -0.2) is 9.97 Å². The number of ether oxygens (including phenoxy) is 1. The first-order valence-electron chi connectivity index (χ1n) is 8.98. The molecule has 0 spiro atoms. The van der Waals surface area contributed by atoms with Crippen LogP contribution < -0.4 is 10.1 Å². The molecule has 7 heteroatoms. The van der Waals surface area contributed by atoms with Crippen LogP contribution in [0.3, 0.4) is 0 Å². The first-order chi connectivity index (χ1) is 13.2. The second kappa shape index (κ2) is 7.36. The summed E-state index contributed by atoms with van der Waals surface area (Å²) >= 11 is 5.51. The zero-order valence-electron chi connectivity index (χ0n) is 15.3. The van der Waals surface area contributed by atoms with E-state index >= 15 is 0 Å². The Balaban J connectivity index is 1.78. The summed E-state index contributed by atoms with van der Waals surface area (Å²) in [5.74, 6) is 1.57. The monoisotopic (exact) mass is 379 g/mol. The molecule has 0 saturated heterocycles. The fraction of sp³-hybridized carbons (Fsp3) is 0.250. The molecule has 0 unspecified atom stereocenters. The van der Waals surface area contributed by atoms with Gasteiger partial charge in [0.15, 0.2) is 4.77 Å². The van der Waals surface area contributed by atoms with Crippen molar-refractivity contribution in [2.24, 2.45) is 0 Å². The van der Waals surface area contributed by atoms with Gasteiger partial charge in [0.2, 0.25) is 0 Å². The predicted molar refractivity (Wildman–Crippen MR) is 111 cm³/mol. The van der Waals surface area contributed by atoms with Crippen LogP contribution in [-0.4, -0.2) is 26.6 Å². The van der Waals surface area contributed by atoms with Crippen molar-refractivity contribution in [2.45, 2.75) is 26.3 Å². The maximum atomic E-state index is 5.51. The number of H-pyrrole nitrogens is 1. The summed E-state index contributed by atoms with van der Waals surface area (Å²) in [6.07, 6.45) is 3.80. The summed E-state index contributed by atoms with van der Waals surface area (Å²) in [6.45, 7) is 3.08. The molecule has 0 bridgehead atoms. The number of unbranched alkanes of at least 4 members (excludes halogenated alkanes) is 1. The third-order valence-electron chi connectivity index (χ3n) is 4.62. The van der Waals surface area contributed by atoms with E-state index in [1.165, 1.54) is 0 Å². The standard InChI is InChI=1S/C20H21N5OS/c1-3-4-9-25-18-11-16-15(10-17(18)24-20(25)27)19(22-12-21-16)23-13-5-7-14(26-2)8-6-13/h5-8,10-12H,3-4,9H2,1-2H3,(H,24,27)(H,21,22,23). The fourth-order valence-electron chi connectivity index (χ4n) is 3.16. The van der Waals surface area contributed by atoms with Crippen molar-refractivity contribution in [2.75, 3.05) is 12.4 Å². The molecule has 0 saturated carbocycles. The molecule has 2 aromatic carbocycles. The molecule has 0 atom stereocenters. The lowest BCUT2D eigenvalue weighted by Crippen LogP contribution is -1.98. The summed E-state index contributed by atoms with van der Waals surface area (Å²) in [5.41, 5.74) is 3.89. The molecule has 4 aromatic rings. The van der Waals surface area contributed by atoms with Gasteiger partial charge in [0.05, 0.1) is 23.7 Å². The van der Waals surface area contributed by atoms with Crippen LogP contribution in [0, 0.1) is 4.77 Å². The highest BCUT2D eigenvalue weighted by Gasteiger charge is 2.10. The van der Waals surface area contributed by atoms with E-state index in [0.717, 1.165) is 63.3 Å². The summed E-state index contributed by atoms with van der Waals surface area (Å²) in [6, 6.07) is 11.9. The van der Waals surface area contributed by atoms with Crippen LogP contribution in [-0.2, 0) is 6.54 Å². The number of aryl methyl sites for hydroxylation is 1. The highest BCUT2D eigenvalue weighted by molar-refractivity contribution is 7.71. The Morgan fingerprint density at radius 3 is 2.74 bits per heavy atom. The Hall–Kier alpha value is -2.93. The summed E-state index contributed by atoms with van der Waals surface area (Å²) in [4.78, 5) is 12.2. The summed E-state index contributed by atoms with van der Waals surface area (Å²) in [5, 5.41) is 4.31. The third kappa shape index (κ3) is 3.38. The van der Waals surface area contributed by atoms with Gasteiger partial charge in [-0.3, -0.25) is 0 Å². The van der Waals surface area contributed by atoms with Crippen molar-refractivity contribution in [3.8, 4) is 5.75 Å². The summed E-state index contributed by atoms with van der Waals surface area (Å²) in [7, 11) is 1.65. The lowest BCUT2D eigenvalue weighted by Gasteiger charge is -2.10. The van der Waals surface area contributed by atoms with Crippen LogP contribution in [0.15, 0.2) is 42.7 Å². The quantitative estimate of drug-likeness (QED) is 0.451. The van der Waals surface area contributed by atoms with Crippen molar-refractivity contribution in [3.63, 3.8) is 0 Å². The fourth-order valence-corrected chi connectivity index (χ4v) is 3.46. The second-order valence-corrected chi connectivity index (χ2v) is 6.78. The molecule has 4 rings (SSSR count). The number of methoxy groups -OCH3 is 1. The van der Waals surface area contributed by atoms with Crippen LogP contribution in [0.4, 0.5) is 11.5 Å². The van der Waals surface area contributed by atoms with Crippen LogP contribution in [0.2, 0.25) is 0 Å². The maximum absolute atomic E-state index is 5.51. The topological polar surface area (TPSA) is 67.8 Å². The number of imidazole rings is 1. The van der Waals surface area contributed by atoms with Crippen molar-refractivity contribution in [3.05, 3.63) is 47.5 Å². The molecule has 2 N–H and O–H groups in total. The Morgan fingerprint density at radius 1 is 1.19 bits per heavy atom. The number of hydrogen-bond donors (Lipinski definition) is 2. The molecule has 0 aliphatic rings. The number of nitrogens with zero attached hydrogens (tertiary/aromatic N) is 3. The van der Waals surface area contributed by atoms with Crippen LogP contribution in [0.5, 0.6) is 5.75 Å². The molecule has 0 aliphatic carbocycles. The minimum absolute atomic E-state index is 0.742.